The SMILES string of the molecule is Cc1ccc(N)c(C(O)C(=O)O)c1. The number of carbonyl (C=O) groups is 1. The Kier molecular flexibility index (Phi) is 2.53. The number of hydrogen-bond acceptors (Lipinski definition) is 3. The third-order valence-corrected chi connectivity index (χ3v) is 1.77. The number of aliphatic hydroxyl groups excluding tert-OH is 1. The van der Waals surface area contributed by atoms with E-state index in [1.165, 1.54) is 0 Å². The first-order valence-corrected chi connectivity index (χ1v) is 3.79. The highest BCUT2D eigenvalue weighted by atomic mass is 16.4. The molecule has 0 spiro atoms. The molecule has 0 radical (unpaired) electrons. The third-order valence-electron chi connectivity index (χ3n) is 1.77. The molecule has 0 saturated heterocycles. The van der Waals surface area contributed by atoms with E-state index in [1.807, 2.05) is 0 Å². The van der Waals surface area contributed by atoms with Gasteiger partial charge in [-0.2, -0.15) is 0 Å². The lowest BCUT2D eigenvalue weighted by molar-refractivity contribution is -0.146. The van der Waals surface area contributed by atoms with Crippen LogP contribution in [0.15, 0.2) is 18.2 Å². The zero-order chi connectivity index (χ0) is 10.0. The van der Waals surface area contributed by atoms with Gasteiger partial charge in [0, 0.05) is 11.3 Å². The van der Waals surface area contributed by atoms with Crippen molar-refractivity contribution in [3.05, 3.63) is 29.3 Å². The number of aliphatic carboxylic acids is 1. The highest BCUT2D eigenvalue weighted by molar-refractivity contribution is 5.76. The van der Waals surface area contributed by atoms with Crippen LogP contribution in [0.1, 0.15) is 17.2 Å². The molecule has 1 rings (SSSR count). The summed E-state index contributed by atoms with van der Waals surface area (Å²) in [6, 6.07) is 4.90. The standard InChI is InChI=1S/C9H11NO3/c1-5-2-3-7(10)6(4-5)8(11)9(12)13/h2-4,8,11H,10H2,1H3,(H,12,13). The van der Waals surface area contributed by atoms with Gasteiger partial charge in [-0.1, -0.05) is 17.7 Å². The molecule has 0 aliphatic carbocycles. The van der Waals surface area contributed by atoms with Crippen molar-refractivity contribution in [2.24, 2.45) is 0 Å². The van der Waals surface area contributed by atoms with Crippen molar-refractivity contribution in [1.82, 2.24) is 0 Å². The molecular weight excluding hydrogens is 170 g/mol. The average molecular weight is 181 g/mol. The van der Waals surface area contributed by atoms with E-state index in [0.717, 1.165) is 5.56 Å². The molecule has 0 bridgehead atoms. The van der Waals surface area contributed by atoms with Crippen molar-refractivity contribution in [1.29, 1.82) is 0 Å². The summed E-state index contributed by atoms with van der Waals surface area (Å²) in [7, 11) is 0. The Morgan fingerprint density at radius 1 is 1.54 bits per heavy atom. The van der Waals surface area contributed by atoms with Crippen LogP contribution < -0.4 is 5.73 Å². The first-order valence-electron chi connectivity index (χ1n) is 3.79. The fourth-order valence-corrected chi connectivity index (χ4v) is 1.06. The van der Waals surface area contributed by atoms with Crippen LogP contribution in [-0.4, -0.2) is 16.2 Å². The van der Waals surface area contributed by atoms with E-state index in [9.17, 15) is 9.90 Å². The minimum Gasteiger partial charge on any atom is -0.479 e. The number of hydrogen-bond donors (Lipinski definition) is 3. The van der Waals surface area contributed by atoms with Gasteiger partial charge in [0.25, 0.3) is 0 Å². The molecule has 13 heavy (non-hydrogen) atoms. The molecule has 0 amide bonds. The Balaban J connectivity index is 3.12. The van der Waals surface area contributed by atoms with Crippen molar-refractivity contribution < 1.29 is 15.0 Å². The summed E-state index contributed by atoms with van der Waals surface area (Å²) in [5, 5.41) is 17.8. The molecular formula is C9H11NO3. The molecule has 0 aliphatic rings. The maximum atomic E-state index is 10.5. The summed E-state index contributed by atoms with van der Waals surface area (Å²) in [6.45, 7) is 1.80. The Morgan fingerprint density at radius 3 is 2.69 bits per heavy atom. The molecule has 1 atom stereocenters. The lowest BCUT2D eigenvalue weighted by Gasteiger charge is -2.09. The van der Waals surface area contributed by atoms with Gasteiger partial charge in [-0.25, -0.2) is 4.79 Å². The number of nitrogen functional groups attached to an aromatic ring is 1. The predicted octanol–water partition coefficient (Wildman–Crippen LogP) is 0.695. The molecule has 1 unspecified atom stereocenters. The molecule has 0 fully saturated rings. The van der Waals surface area contributed by atoms with Crippen LogP contribution in [0.5, 0.6) is 0 Å². The van der Waals surface area contributed by atoms with Gasteiger partial charge in [0.1, 0.15) is 0 Å². The van der Waals surface area contributed by atoms with Crippen LogP contribution in [0.3, 0.4) is 0 Å². The zero-order valence-electron chi connectivity index (χ0n) is 7.19. The molecule has 4 nitrogen and oxygen atoms in total. The lowest BCUT2D eigenvalue weighted by Crippen LogP contribution is -2.12. The fourth-order valence-electron chi connectivity index (χ4n) is 1.06. The Morgan fingerprint density at radius 2 is 2.15 bits per heavy atom. The number of carboxylic acid groups (broad SMARTS) is 1. The van der Waals surface area contributed by atoms with Crippen molar-refractivity contribution in [2.45, 2.75) is 13.0 Å². The van der Waals surface area contributed by atoms with E-state index in [1.54, 1.807) is 25.1 Å². The van der Waals surface area contributed by atoms with Crippen LogP contribution in [0, 0.1) is 6.92 Å². The minimum atomic E-state index is -1.54. The summed E-state index contributed by atoms with van der Waals surface area (Å²) >= 11 is 0. The topological polar surface area (TPSA) is 83.5 Å². The number of benzene rings is 1. The van der Waals surface area contributed by atoms with Gasteiger partial charge in [0.05, 0.1) is 0 Å². The van der Waals surface area contributed by atoms with Crippen LogP contribution in [0.2, 0.25) is 0 Å². The number of nitrogens with two attached hydrogens (primary N) is 1. The van der Waals surface area contributed by atoms with E-state index in [0.29, 0.717) is 5.69 Å². The van der Waals surface area contributed by atoms with Crippen molar-refractivity contribution in [2.75, 3.05) is 5.73 Å². The second-order valence-corrected chi connectivity index (χ2v) is 2.87. The minimum absolute atomic E-state index is 0.243. The molecule has 0 saturated carbocycles. The number of rotatable bonds is 2. The summed E-state index contributed by atoms with van der Waals surface area (Å²) in [4.78, 5) is 10.5. The Hall–Kier alpha value is -1.55. The number of carboxylic acids is 1. The zero-order valence-corrected chi connectivity index (χ0v) is 7.19. The average Bonchev–Trinajstić information content (AvgIpc) is 2.08. The summed E-state index contributed by atoms with van der Waals surface area (Å²) < 4.78 is 0. The molecule has 70 valence electrons. The second kappa shape index (κ2) is 3.45. The smallest absolute Gasteiger partial charge is 0.337 e. The van der Waals surface area contributed by atoms with Gasteiger partial charge in [-0.3, -0.25) is 0 Å². The summed E-state index contributed by atoms with van der Waals surface area (Å²) in [5.41, 5.74) is 6.91. The van der Waals surface area contributed by atoms with Crippen molar-refractivity contribution in [3.63, 3.8) is 0 Å². The van der Waals surface area contributed by atoms with E-state index in [4.69, 9.17) is 10.8 Å². The van der Waals surface area contributed by atoms with Gasteiger partial charge < -0.3 is 15.9 Å². The quantitative estimate of drug-likeness (QED) is 0.586. The Bertz CT molecular complexity index is 336. The van der Waals surface area contributed by atoms with Crippen molar-refractivity contribution >= 4 is 11.7 Å². The number of aliphatic hydroxyl groups is 1. The van der Waals surface area contributed by atoms with E-state index < -0.39 is 12.1 Å². The van der Waals surface area contributed by atoms with Gasteiger partial charge in [-0.15, -0.1) is 0 Å². The summed E-state index contributed by atoms with van der Waals surface area (Å²) in [5.74, 6) is -1.29. The highest BCUT2D eigenvalue weighted by Gasteiger charge is 2.18. The molecule has 1 aromatic rings. The van der Waals surface area contributed by atoms with E-state index >= 15 is 0 Å². The molecule has 4 N–H and O–H groups in total. The maximum absolute atomic E-state index is 10.5. The molecule has 0 heterocycles. The lowest BCUT2D eigenvalue weighted by atomic mass is 10.0. The largest absolute Gasteiger partial charge is 0.479 e. The van der Waals surface area contributed by atoms with Crippen LogP contribution in [-0.2, 0) is 4.79 Å². The van der Waals surface area contributed by atoms with E-state index in [2.05, 4.69) is 0 Å². The summed E-state index contributed by atoms with van der Waals surface area (Å²) in [6.07, 6.45) is -1.54. The van der Waals surface area contributed by atoms with Crippen molar-refractivity contribution in [3.8, 4) is 0 Å². The Labute approximate surface area is 75.6 Å². The predicted molar refractivity (Wildman–Crippen MR) is 48.2 cm³/mol. The molecule has 1 aromatic carbocycles. The monoisotopic (exact) mass is 181 g/mol. The number of anilines is 1. The number of aryl methyl sites for hydroxylation is 1. The van der Waals surface area contributed by atoms with Gasteiger partial charge in [0.15, 0.2) is 6.10 Å². The van der Waals surface area contributed by atoms with Gasteiger partial charge in [-0.05, 0) is 13.0 Å². The van der Waals surface area contributed by atoms with Gasteiger partial charge >= 0.3 is 5.97 Å². The molecule has 0 aliphatic heterocycles. The first-order chi connectivity index (χ1) is 6.02. The third kappa shape index (κ3) is 1.97. The van der Waals surface area contributed by atoms with Crippen LogP contribution in [0.4, 0.5) is 5.69 Å². The molecule has 4 heteroatoms. The normalized spacial score (nSPS) is 12.5. The van der Waals surface area contributed by atoms with Crippen LogP contribution >= 0.6 is 0 Å². The highest BCUT2D eigenvalue weighted by Crippen LogP contribution is 2.21. The van der Waals surface area contributed by atoms with E-state index in [-0.39, 0.29) is 5.56 Å². The first kappa shape index (κ1) is 9.54. The maximum Gasteiger partial charge on any atom is 0.337 e. The van der Waals surface area contributed by atoms with Gasteiger partial charge in [0.2, 0.25) is 0 Å². The second-order valence-electron chi connectivity index (χ2n) is 2.87. The van der Waals surface area contributed by atoms with Crippen LogP contribution in [0.25, 0.3) is 0 Å². The fraction of sp³-hybridized carbons (Fsp3) is 0.222. The molecule has 0 aromatic heterocycles.